The number of H-pyrrole nitrogens is 1. The van der Waals surface area contributed by atoms with Crippen LogP contribution in [-0.2, 0) is 46.3 Å². The Kier molecular flexibility index (Phi) is 11.6. The van der Waals surface area contributed by atoms with Gasteiger partial charge in [0.2, 0.25) is 5.91 Å². The van der Waals surface area contributed by atoms with Gasteiger partial charge in [-0.3, -0.25) is 37.6 Å². The van der Waals surface area contributed by atoms with E-state index < -0.39 is 89.0 Å². The molecule has 20 nitrogen and oxygen atoms in total. The lowest BCUT2D eigenvalue weighted by molar-refractivity contribution is -0.284. The van der Waals surface area contributed by atoms with Gasteiger partial charge in [0, 0.05) is 19.2 Å². The second-order valence-electron chi connectivity index (χ2n) is 7.66. The molecule has 39 heavy (non-hydrogen) atoms. The molecule has 0 bridgehead atoms. The zero-order chi connectivity index (χ0) is 29.5. The monoisotopic (exact) mass is 603 g/mol. The fourth-order valence-electron chi connectivity index (χ4n) is 3.10. The molecule has 2 rings (SSSR count). The molecule has 1 amide bonds. The number of carbonyl (C=O) groups excluding carboxylic acids is 3. The van der Waals surface area contributed by atoms with Crippen molar-refractivity contribution in [3.8, 4) is 0 Å². The third-order valence-electron chi connectivity index (χ3n) is 4.79. The number of nitrogens with one attached hydrogen (secondary N) is 2. The minimum atomic E-state index is -5.97. The lowest BCUT2D eigenvalue weighted by atomic mass is 9.97. The number of hydrogen-bond acceptors (Lipinski definition) is 17. The van der Waals surface area contributed by atoms with Crippen LogP contribution in [0.15, 0.2) is 21.9 Å². The molecule has 22 heteroatoms. The van der Waals surface area contributed by atoms with E-state index in [2.05, 4.69) is 13.4 Å². The molecule has 5 N–H and O–H groups in total. The molecule has 0 saturated carbocycles. The summed E-state index contributed by atoms with van der Waals surface area (Å²) < 4.78 is 47.4. The molecule has 1 aromatic rings. The van der Waals surface area contributed by atoms with E-state index in [4.69, 9.17) is 9.47 Å². The number of amides is 1. The number of aliphatic hydroxyl groups excluding tert-OH is 3. The van der Waals surface area contributed by atoms with Crippen molar-refractivity contribution in [2.24, 2.45) is 0 Å². The quantitative estimate of drug-likeness (QED) is 0.0979. The predicted molar refractivity (Wildman–Crippen MR) is 116 cm³/mol. The summed E-state index contributed by atoms with van der Waals surface area (Å²) in [6.07, 6.45) is -10.5. The number of nitrogens with zero attached hydrogens (tertiary/aromatic N) is 1. The highest BCUT2D eigenvalue weighted by atomic mass is 31.3. The first-order valence-electron chi connectivity index (χ1n) is 10.6. The van der Waals surface area contributed by atoms with Crippen LogP contribution in [0.5, 0.6) is 0 Å². The van der Waals surface area contributed by atoms with Crippen molar-refractivity contribution >= 4 is 34.1 Å². The average Bonchev–Trinajstić information content (AvgIpc) is 2.83. The molecule has 0 aromatic carbocycles. The highest BCUT2D eigenvalue weighted by molar-refractivity contribution is 7.59. The number of phosphoric acid groups is 2. The number of carbonyl (C=O) groups is 3. The summed E-state index contributed by atoms with van der Waals surface area (Å²) in [7, 11) is -11.9. The van der Waals surface area contributed by atoms with Crippen molar-refractivity contribution in [1.29, 1.82) is 0 Å². The third kappa shape index (κ3) is 9.31. The van der Waals surface area contributed by atoms with Crippen molar-refractivity contribution in [2.75, 3.05) is 13.2 Å². The normalized spacial score (nSPS) is 27.9. The Hall–Kier alpha value is -2.45. The van der Waals surface area contributed by atoms with Gasteiger partial charge in [-0.25, -0.2) is 9.11 Å². The molecule has 1 saturated heterocycles. The zero-order valence-electron chi connectivity index (χ0n) is 19.7. The Bertz CT molecular complexity index is 1240. The van der Waals surface area contributed by atoms with Crippen LogP contribution in [0.2, 0.25) is 0 Å². The summed E-state index contributed by atoms with van der Waals surface area (Å²) in [5.74, 6) is -0.844. The van der Waals surface area contributed by atoms with Gasteiger partial charge in [-0.1, -0.05) is 0 Å². The van der Waals surface area contributed by atoms with E-state index in [1.54, 1.807) is 0 Å². The Morgan fingerprint density at radius 1 is 1.23 bits per heavy atom. The maximum absolute atomic E-state index is 12.2. The number of phosphoric ester groups is 2. The second-order valence-corrected chi connectivity index (χ2v) is 10.6. The highest BCUT2D eigenvalue weighted by Gasteiger charge is 2.47. The largest absolute Gasteiger partial charge is 0.756 e. The summed E-state index contributed by atoms with van der Waals surface area (Å²) >= 11 is 0. The van der Waals surface area contributed by atoms with Crippen LogP contribution in [0.4, 0.5) is 0 Å². The third-order valence-corrected chi connectivity index (χ3v) is 7.32. The standard InChI is InChI=1S/C17H25N3O17P2/c1-8(24)18-13-15(27)14(26)10(5-22)35-16(13)36-39(31,32)37-38(29,30)33-7-9(4-21)34-12(6-23)20-3-2-11(25)19-17(20)28/h2-4,6,9-10,12-16,22,26-27H,5,7H2,1H3,(H,18,24)(H,29,30)(H,31,32)(H,19,25,28)/p-2/t9-,10+,12+,13+,14+,15+,16+/m0/s1. The van der Waals surface area contributed by atoms with Crippen LogP contribution < -0.4 is 26.4 Å². The number of aldehydes is 2. The Morgan fingerprint density at radius 3 is 2.44 bits per heavy atom. The molecule has 2 unspecified atom stereocenters. The molecule has 1 fully saturated rings. The number of aromatic amines is 1. The molecule has 2 heterocycles. The van der Waals surface area contributed by atoms with Crippen LogP contribution in [0.1, 0.15) is 13.2 Å². The van der Waals surface area contributed by atoms with E-state index in [0.717, 1.165) is 19.2 Å². The molecule has 1 aromatic heterocycles. The van der Waals surface area contributed by atoms with Gasteiger partial charge in [0.25, 0.3) is 21.2 Å². The Labute approximate surface area is 217 Å². The van der Waals surface area contributed by atoms with Crippen molar-refractivity contribution in [3.05, 3.63) is 33.1 Å². The van der Waals surface area contributed by atoms with Crippen molar-refractivity contribution in [2.45, 2.75) is 49.9 Å². The topological polar surface area (TPSA) is 305 Å². The molecule has 9 atom stereocenters. The van der Waals surface area contributed by atoms with E-state index in [9.17, 15) is 58.2 Å². The maximum atomic E-state index is 12.2. The van der Waals surface area contributed by atoms with Gasteiger partial charge in [0.1, 0.15) is 30.5 Å². The van der Waals surface area contributed by atoms with Crippen molar-refractivity contribution in [1.82, 2.24) is 14.9 Å². The maximum Gasteiger partial charge on any atom is 0.330 e. The second kappa shape index (κ2) is 13.8. The summed E-state index contributed by atoms with van der Waals surface area (Å²) in [5.41, 5.74) is -1.93. The first-order chi connectivity index (χ1) is 18.1. The first-order valence-corrected chi connectivity index (χ1v) is 13.5. The van der Waals surface area contributed by atoms with Crippen LogP contribution in [0.3, 0.4) is 0 Å². The average molecular weight is 603 g/mol. The van der Waals surface area contributed by atoms with E-state index in [1.807, 2.05) is 10.3 Å². The Morgan fingerprint density at radius 2 is 1.90 bits per heavy atom. The lowest BCUT2D eigenvalue weighted by Crippen LogP contribution is -2.64. The predicted octanol–water partition coefficient (Wildman–Crippen LogP) is -5.25. The van der Waals surface area contributed by atoms with Crippen LogP contribution in [-0.4, -0.2) is 93.3 Å². The van der Waals surface area contributed by atoms with Crippen LogP contribution in [0.25, 0.3) is 0 Å². The molecule has 0 aliphatic carbocycles. The fraction of sp³-hybridized carbons (Fsp3) is 0.588. The van der Waals surface area contributed by atoms with Gasteiger partial charge in [-0.15, -0.1) is 0 Å². The molecule has 0 spiro atoms. The van der Waals surface area contributed by atoms with E-state index in [-0.39, 0.29) is 12.6 Å². The van der Waals surface area contributed by atoms with E-state index in [0.29, 0.717) is 4.57 Å². The van der Waals surface area contributed by atoms with Crippen molar-refractivity contribution < 1.29 is 71.5 Å². The number of rotatable bonds is 14. The van der Waals surface area contributed by atoms with Gasteiger partial charge in [0.05, 0.1) is 13.2 Å². The SMILES string of the molecule is CC(=O)N[C@H]1[C@@H](OP(=O)([O-])OP(=O)([O-])OC[C@H](C=O)O[C@H](C=O)n2ccc(=O)[nH]c2=O)O[C@H](CO)[C@@H](O)[C@@H]1O. The molecule has 220 valence electrons. The molecule has 0 radical (unpaired) electrons. The smallest absolute Gasteiger partial charge is 0.330 e. The summed E-state index contributed by atoms with van der Waals surface area (Å²) in [6, 6.07) is -0.934. The fourth-order valence-corrected chi connectivity index (χ4v) is 5.19. The number of aliphatic hydroxyl groups is 3. The van der Waals surface area contributed by atoms with Gasteiger partial charge in [-0.2, -0.15) is 0 Å². The minimum Gasteiger partial charge on any atom is -0.756 e. The van der Waals surface area contributed by atoms with Crippen molar-refractivity contribution in [3.63, 3.8) is 0 Å². The van der Waals surface area contributed by atoms with Crippen LogP contribution in [0, 0.1) is 0 Å². The summed E-state index contributed by atoms with van der Waals surface area (Å²) in [4.78, 5) is 83.0. The zero-order valence-corrected chi connectivity index (χ0v) is 21.5. The first kappa shape index (κ1) is 32.8. The Balaban J connectivity index is 2.08. The lowest BCUT2D eigenvalue weighted by Gasteiger charge is -2.44. The van der Waals surface area contributed by atoms with E-state index >= 15 is 0 Å². The summed E-state index contributed by atoms with van der Waals surface area (Å²) in [5, 5.41) is 31.3. The van der Waals surface area contributed by atoms with Gasteiger partial charge >= 0.3 is 5.69 Å². The van der Waals surface area contributed by atoms with Crippen LogP contribution >= 0.6 is 15.6 Å². The van der Waals surface area contributed by atoms with Gasteiger partial charge in [0.15, 0.2) is 25.1 Å². The molecular weight excluding hydrogens is 580 g/mol. The molecular formula is C17H23N3O17P2-2. The minimum absolute atomic E-state index is 0.0177. The highest BCUT2D eigenvalue weighted by Crippen LogP contribution is 2.56. The van der Waals surface area contributed by atoms with Gasteiger partial charge in [-0.05, 0) is 0 Å². The number of ether oxygens (including phenoxy) is 2. The molecule has 1 aliphatic rings. The van der Waals surface area contributed by atoms with E-state index in [1.165, 1.54) is 0 Å². The van der Waals surface area contributed by atoms with Gasteiger partial charge < -0.3 is 49.2 Å². The summed E-state index contributed by atoms with van der Waals surface area (Å²) in [6.45, 7) is -1.26. The molecule has 1 aliphatic heterocycles. The number of hydrogen-bond donors (Lipinski definition) is 5. The number of aromatic nitrogens is 2.